The minimum atomic E-state index is -1.16. The van der Waals surface area contributed by atoms with E-state index in [-0.39, 0.29) is 16.6 Å². The van der Waals surface area contributed by atoms with Gasteiger partial charge in [-0.05, 0) is 23.3 Å². The van der Waals surface area contributed by atoms with Crippen molar-refractivity contribution in [2.24, 2.45) is 0 Å². The number of hydrogen-bond acceptors (Lipinski definition) is 7. The minimum Gasteiger partial charge on any atom is -0.497 e. The van der Waals surface area contributed by atoms with Gasteiger partial charge in [-0.15, -0.1) is 11.3 Å². The molecule has 0 radical (unpaired) electrons. The Hall–Kier alpha value is -4.05. The Morgan fingerprint density at radius 3 is 2.47 bits per heavy atom. The van der Waals surface area contributed by atoms with Gasteiger partial charge in [-0.3, -0.25) is 14.4 Å². The summed E-state index contributed by atoms with van der Waals surface area (Å²) in [6.45, 7) is 3.52. The van der Waals surface area contributed by atoms with E-state index in [4.69, 9.17) is 4.74 Å². The molecule has 0 bridgehead atoms. The molecule has 0 spiro atoms. The van der Waals surface area contributed by atoms with Crippen LogP contribution in [0.3, 0.4) is 0 Å². The Morgan fingerprint density at radius 2 is 1.83 bits per heavy atom. The summed E-state index contributed by atoms with van der Waals surface area (Å²) in [6, 6.07) is 13.2. The van der Waals surface area contributed by atoms with Crippen molar-refractivity contribution in [2.45, 2.75) is 38.3 Å². The van der Waals surface area contributed by atoms with Crippen molar-refractivity contribution in [2.75, 3.05) is 12.4 Å². The molecular formula is C26H26N4O5S. The summed E-state index contributed by atoms with van der Waals surface area (Å²) in [4.78, 5) is 57.3. The zero-order valence-electron chi connectivity index (χ0n) is 20.1. The van der Waals surface area contributed by atoms with Gasteiger partial charge in [0.25, 0.3) is 5.91 Å². The van der Waals surface area contributed by atoms with Crippen molar-refractivity contribution in [1.29, 1.82) is 0 Å². The quantitative estimate of drug-likeness (QED) is 0.333. The van der Waals surface area contributed by atoms with Gasteiger partial charge in [0.05, 0.1) is 7.11 Å². The molecule has 0 saturated carbocycles. The van der Waals surface area contributed by atoms with Crippen LogP contribution < -0.4 is 15.4 Å². The van der Waals surface area contributed by atoms with Gasteiger partial charge in [-0.1, -0.05) is 56.3 Å². The van der Waals surface area contributed by atoms with Gasteiger partial charge in [-0.25, -0.2) is 14.7 Å². The molecule has 2 aromatic carbocycles. The van der Waals surface area contributed by atoms with E-state index in [0.29, 0.717) is 17.7 Å². The largest absolute Gasteiger partial charge is 0.497 e. The summed E-state index contributed by atoms with van der Waals surface area (Å²) in [5.74, 6) is -1.15. The van der Waals surface area contributed by atoms with Crippen LogP contribution in [0, 0.1) is 0 Å². The topological polar surface area (TPSA) is 118 Å². The third kappa shape index (κ3) is 4.99. The summed E-state index contributed by atoms with van der Waals surface area (Å²) in [5, 5.41) is 7.20. The molecule has 3 aromatic rings. The number of amides is 4. The molecule has 0 aliphatic carbocycles. The molecule has 1 fully saturated rings. The standard InChI is InChI=1S/C26H26N4O5S/c1-4-20(31)19-14-36-25(27-19)29-23(32)22(15(2)16-8-6-5-7-9-16)30-24(33)21(28-26(30)34)17-10-12-18(35-3)13-11-17/h5-15,21-22H,4H2,1-3H3,(H,28,34)(H,27,29,32)/t15-,21?,22-/m0/s1. The Balaban J connectivity index is 1.65. The number of carbonyl (C=O) groups is 4. The zero-order valence-corrected chi connectivity index (χ0v) is 20.9. The predicted octanol–water partition coefficient (Wildman–Crippen LogP) is 4.15. The maximum Gasteiger partial charge on any atom is 0.325 e. The summed E-state index contributed by atoms with van der Waals surface area (Å²) < 4.78 is 5.17. The normalized spacial score (nSPS) is 16.9. The highest BCUT2D eigenvalue weighted by molar-refractivity contribution is 7.14. The molecule has 9 nitrogen and oxygen atoms in total. The number of anilines is 1. The lowest BCUT2D eigenvalue weighted by molar-refractivity contribution is -0.134. The highest BCUT2D eigenvalue weighted by Crippen LogP contribution is 2.32. The number of ketones is 1. The predicted molar refractivity (Wildman–Crippen MR) is 135 cm³/mol. The third-order valence-electron chi connectivity index (χ3n) is 6.11. The van der Waals surface area contributed by atoms with Crippen molar-refractivity contribution in [3.8, 4) is 5.75 Å². The summed E-state index contributed by atoms with van der Waals surface area (Å²) >= 11 is 1.11. The highest BCUT2D eigenvalue weighted by Gasteiger charge is 2.47. The molecule has 36 heavy (non-hydrogen) atoms. The monoisotopic (exact) mass is 506 g/mol. The lowest BCUT2D eigenvalue weighted by Gasteiger charge is -2.29. The van der Waals surface area contributed by atoms with E-state index in [1.807, 2.05) is 30.3 Å². The number of Topliss-reactive ketones (excluding diaryl/α,β-unsaturated/α-hetero) is 1. The zero-order chi connectivity index (χ0) is 25.8. The highest BCUT2D eigenvalue weighted by atomic mass is 32.1. The van der Waals surface area contributed by atoms with E-state index in [0.717, 1.165) is 21.8 Å². The van der Waals surface area contributed by atoms with Gasteiger partial charge in [-0.2, -0.15) is 0 Å². The second-order valence-corrected chi connectivity index (χ2v) is 9.17. The fourth-order valence-corrected chi connectivity index (χ4v) is 4.82. The first-order chi connectivity index (χ1) is 17.3. The molecule has 1 aliphatic heterocycles. The lowest BCUT2D eigenvalue weighted by atomic mass is 9.91. The molecule has 1 aliphatic rings. The summed E-state index contributed by atoms with van der Waals surface area (Å²) in [7, 11) is 1.54. The number of thiazole rings is 1. The fourth-order valence-electron chi connectivity index (χ4n) is 4.11. The van der Waals surface area contributed by atoms with Gasteiger partial charge in [0.2, 0.25) is 5.91 Å². The van der Waals surface area contributed by atoms with E-state index in [1.165, 1.54) is 7.11 Å². The number of ether oxygens (including phenoxy) is 1. The molecule has 2 N–H and O–H groups in total. The smallest absolute Gasteiger partial charge is 0.325 e. The number of rotatable bonds is 9. The third-order valence-corrected chi connectivity index (χ3v) is 6.86. The molecule has 4 amide bonds. The molecule has 10 heteroatoms. The maximum atomic E-state index is 13.6. The van der Waals surface area contributed by atoms with Crippen molar-refractivity contribution in [3.05, 3.63) is 76.8 Å². The van der Waals surface area contributed by atoms with Gasteiger partial charge in [0.15, 0.2) is 10.9 Å². The Kier molecular flexibility index (Phi) is 7.44. The van der Waals surface area contributed by atoms with Gasteiger partial charge in [0, 0.05) is 17.7 Å². The summed E-state index contributed by atoms with van der Waals surface area (Å²) in [5.41, 5.74) is 1.62. The van der Waals surface area contributed by atoms with E-state index >= 15 is 0 Å². The molecule has 2 heterocycles. The number of hydrogen-bond donors (Lipinski definition) is 2. The molecule has 3 atom stereocenters. The second kappa shape index (κ2) is 10.7. The number of imide groups is 1. The van der Waals surface area contributed by atoms with Crippen molar-refractivity contribution >= 4 is 40.1 Å². The van der Waals surface area contributed by atoms with Crippen molar-refractivity contribution < 1.29 is 23.9 Å². The number of urea groups is 1. The second-order valence-electron chi connectivity index (χ2n) is 8.31. The van der Waals surface area contributed by atoms with E-state index in [1.54, 1.807) is 43.5 Å². The Labute approximate surface area is 212 Å². The van der Waals surface area contributed by atoms with Crippen LogP contribution >= 0.6 is 11.3 Å². The first-order valence-corrected chi connectivity index (χ1v) is 12.3. The van der Waals surface area contributed by atoms with Crippen LogP contribution in [-0.4, -0.2) is 46.7 Å². The van der Waals surface area contributed by atoms with Crippen LogP contribution in [0.25, 0.3) is 0 Å². The number of methoxy groups -OCH3 is 1. The average molecular weight is 507 g/mol. The van der Waals surface area contributed by atoms with Gasteiger partial charge >= 0.3 is 6.03 Å². The number of aromatic nitrogens is 1. The van der Waals surface area contributed by atoms with Crippen molar-refractivity contribution in [3.63, 3.8) is 0 Å². The molecule has 186 valence electrons. The first-order valence-electron chi connectivity index (χ1n) is 11.5. The van der Waals surface area contributed by atoms with Crippen LogP contribution in [0.2, 0.25) is 0 Å². The number of nitrogens with one attached hydrogen (secondary N) is 2. The Morgan fingerprint density at radius 1 is 1.14 bits per heavy atom. The SMILES string of the molecule is CCC(=O)c1csc(NC(=O)[C@H]([C@@H](C)c2ccccc2)N2C(=O)NC(c3ccc(OC)cc3)C2=O)n1. The van der Waals surface area contributed by atoms with Crippen molar-refractivity contribution in [1.82, 2.24) is 15.2 Å². The average Bonchev–Trinajstić information content (AvgIpc) is 3.48. The van der Waals surface area contributed by atoms with E-state index < -0.39 is 35.8 Å². The van der Waals surface area contributed by atoms with Gasteiger partial charge < -0.3 is 15.4 Å². The Bertz CT molecular complexity index is 1280. The van der Waals surface area contributed by atoms with E-state index in [9.17, 15) is 19.2 Å². The summed E-state index contributed by atoms with van der Waals surface area (Å²) in [6.07, 6.45) is 0.292. The van der Waals surface area contributed by atoms with Crippen LogP contribution in [0.5, 0.6) is 5.75 Å². The molecular weight excluding hydrogens is 480 g/mol. The van der Waals surface area contributed by atoms with Crippen LogP contribution in [0.1, 0.15) is 53.8 Å². The molecule has 1 aromatic heterocycles. The number of carbonyl (C=O) groups excluding carboxylic acids is 4. The molecule has 4 rings (SSSR count). The number of benzene rings is 2. The first kappa shape index (κ1) is 25.1. The minimum absolute atomic E-state index is 0.141. The fraction of sp³-hybridized carbons (Fsp3) is 0.269. The lowest BCUT2D eigenvalue weighted by Crippen LogP contribution is -2.50. The van der Waals surface area contributed by atoms with Crippen LogP contribution in [-0.2, 0) is 9.59 Å². The van der Waals surface area contributed by atoms with Crippen LogP contribution in [0.4, 0.5) is 9.93 Å². The molecule has 1 unspecified atom stereocenters. The molecule has 1 saturated heterocycles. The van der Waals surface area contributed by atoms with Gasteiger partial charge in [0.1, 0.15) is 23.5 Å². The number of nitrogens with zero attached hydrogens (tertiary/aromatic N) is 2. The van der Waals surface area contributed by atoms with Crippen LogP contribution in [0.15, 0.2) is 60.0 Å². The maximum absolute atomic E-state index is 13.6. The van der Waals surface area contributed by atoms with E-state index in [2.05, 4.69) is 15.6 Å².